The number of hydrogen-bond acceptors (Lipinski definition) is 6. The van der Waals surface area contributed by atoms with Gasteiger partial charge in [0.1, 0.15) is 0 Å². The zero-order valence-corrected chi connectivity index (χ0v) is 44.5. The molecule has 0 saturated heterocycles. The summed E-state index contributed by atoms with van der Waals surface area (Å²) in [4.78, 5) is 43.6. The van der Waals surface area contributed by atoms with Crippen molar-refractivity contribution in [2.45, 2.75) is 297 Å². The van der Waals surface area contributed by atoms with Gasteiger partial charge in [-0.25, -0.2) is 9.18 Å². The number of esters is 2. The van der Waals surface area contributed by atoms with Crippen molar-refractivity contribution in [3.63, 3.8) is 0 Å². The van der Waals surface area contributed by atoms with Crippen LogP contribution >= 0.6 is 0 Å². The van der Waals surface area contributed by atoms with Gasteiger partial charge in [0.15, 0.2) is 6.17 Å². The average molecular weight is 924 g/mol. The Kier molecular flexibility index (Phi) is 46.1. The van der Waals surface area contributed by atoms with Gasteiger partial charge < -0.3 is 19.3 Å². The molecule has 0 rings (SSSR count). The standard InChI is InChI=1S/C57H111FN2O5/c1-8-13-18-19-20-21-22-30-40-53(41-31-23-24-33-44-56(62)64-49-45-51(36-26-14-9-2)37-27-15-10-3)60(55(61)43-35-47-59(6)7)48-34-25-32-42-54(58)57(63)65-50-46-52(38-28-16-11-4)39-29-17-12-5/h51-54H,8-50H2,1-7H3. The van der Waals surface area contributed by atoms with Crippen molar-refractivity contribution in [1.82, 2.24) is 9.80 Å². The summed E-state index contributed by atoms with van der Waals surface area (Å²) in [6, 6.07) is 0.200. The predicted octanol–water partition coefficient (Wildman–Crippen LogP) is 16.7. The summed E-state index contributed by atoms with van der Waals surface area (Å²) in [5, 5.41) is 0. The molecule has 0 bridgehead atoms. The van der Waals surface area contributed by atoms with E-state index in [0.29, 0.717) is 50.9 Å². The van der Waals surface area contributed by atoms with Gasteiger partial charge in [-0.2, -0.15) is 0 Å². The van der Waals surface area contributed by atoms with E-state index in [2.05, 4.69) is 58.5 Å². The van der Waals surface area contributed by atoms with Gasteiger partial charge in [-0.3, -0.25) is 9.59 Å². The van der Waals surface area contributed by atoms with Gasteiger partial charge in [-0.05, 0) is 90.3 Å². The maximum absolute atomic E-state index is 15.0. The third-order valence-corrected chi connectivity index (χ3v) is 13.9. The highest BCUT2D eigenvalue weighted by atomic mass is 19.1. The first-order valence-corrected chi connectivity index (χ1v) is 28.5. The van der Waals surface area contributed by atoms with Gasteiger partial charge in [-0.1, -0.05) is 214 Å². The minimum Gasteiger partial charge on any atom is -0.466 e. The molecular weight excluding hydrogens is 812 g/mol. The Labute approximate surface area is 404 Å². The Bertz CT molecular complexity index is 1040. The van der Waals surface area contributed by atoms with Crippen molar-refractivity contribution >= 4 is 17.8 Å². The molecule has 0 heterocycles. The first-order chi connectivity index (χ1) is 31.6. The van der Waals surface area contributed by atoms with Crippen LogP contribution in [0.25, 0.3) is 0 Å². The van der Waals surface area contributed by atoms with Crippen molar-refractivity contribution in [1.29, 1.82) is 0 Å². The van der Waals surface area contributed by atoms with Crippen LogP contribution in [0.2, 0.25) is 0 Å². The third-order valence-electron chi connectivity index (χ3n) is 13.9. The lowest BCUT2D eigenvalue weighted by Crippen LogP contribution is -2.41. The van der Waals surface area contributed by atoms with Crippen molar-refractivity contribution < 1.29 is 28.2 Å². The molecule has 0 aliphatic rings. The van der Waals surface area contributed by atoms with Crippen LogP contribution in [0.3, 0.4) is 0 Å². The lowest BCUT2D eigenvalue weighted by molar-refractivity contribution is -0.150. The summed E-state index contributed by atoms with van der Waals surface area (Å²) in [7, 11) is 4.11. The van der Waals surface area contributed by atoms with E-state index in [1.165, 1.54) is 148 Å². The van der Waals surface area contributed by atoms with E-state index >= 15 is 4.39 Å². The summed E-state index contributed by atoms with van der Waals surface area (Å²) < 4.78 is 26.2. The molecule has 65 heavy (non-hydrogen) atoms. The molecule has 1 amide bonds. The van der Waals surface area contributed by atoms with Gasteiger partial charge in [-0.15, -0.1) is 0 Å². The van der Waals surface area contributed by atoms with Crippen LogP contribution in [-0.4, -0.2) is 80.3 Å². The quantitative estimate of drug-likeness (QED) is 0.0447. The van der Waals surface area contributed by atoms with Crippen molar-refractivity contribution in [2.24, 2.45) is 11.8 Å². The maximum Gasteiger partial charge on any atom is 0.340 e. The van der Waals surface area contributed by atoms with Crippen LogP contribution in [0, 0.1) is 11.8 Å². The van der Waals surface area contributed by atoms with E-state index in [-0.39, 0.29) is 24.3 Å². The molecule has 0 aromatic heterocycles. The number of hydrogen-bond donors (Lipinski definition) is 0. The number of nitrogens with zero attached hydrogens (tertiary/aromatic N) is 2. The minimum absolute atomic E-state index is 0.0524. The normalized spacial score (nSPS) is 12.7. The first-order valence-electron chi connectivity index (χ1n) is 28.5. The molecule has 2 unspecified atom stereocenters. The van der Waals surface area contributed by atoms with Crippen LogP contribution in [-0.2, 0) is 23.9 Å². The maximum atomic E-state index is 15.0. The van der Waals surface area contributed by atoms with E-state index in [1.54, 1.807) is 0 Å². The van der Waals surface area contributed by atoms with Crippen molar-refractivity contribution in [3.05, 3.63) is 0 Å². The van der Waals surface area contributed by atoms with Crippen LogP contribution in [0.1, 0.15) is 285 Å². The Morgan fingerprint density at radius 1 is 0.415 bits per heavy atom. The molecule has 7 nitrogen and oxygen atoms in total. The third kappa shape index (κ3) is 40.0. The first kappa shape index (κ1) is 63.3. The second kappa shape index (κ2) is 47.4. The number of rotatable bonds is 50. The second-order valence-corrected chi connectivity index (χ2v) is 20.4. The molecule has 0 aliphatic heterocycles. The highest BCUT2D eigenvalue weighted by molar-refractivity contribution is 5.76. The van der Waals surface area contributed by atoms with Gasteiger partial charge in [0.25, 0.3) is 0 Å². The molecule has 0 aromatic carbocycles. The highest BCUT2D eigenvalue weighted by Crippen LogP contribution is 2.25. The molecule has 0 fully saturated rings. The molecule has 0 N–H and O–H groups in total. The molecule has 0 aliphatic carbocycles. The fourth-order valence-corrected chi connectivity index (χ4v) is 9.50. The Morgan fingerprint density at radius 2 is 0.815 bits per heavy atom. The SMILES string of the molecule is CCCCCCCCCCC(CCCCCCC(=O)OCCC(CCCCC)CCCCC)N(CCCCCC(F)C(=O)OCCC(CCCCC)CCCCC)C(=O)CCCN(C)C. The number of ether oxygens (including phenoxy) is 2. The zero-order valence-electron chi connectivity index (χ0n) is 44.5. The van der Waals surface area contributed by atoms with Gasteiger partial charge in [0.05, 0.1) is 13.2 Å². The van der Waals surface area contributed by atoms with E-state index < -0.39 is 12.1 Å². The smallest absolute Gasteiger partial charge is 0.340 e. The largest absolute Gasteiger partial charge is 0.466 e. The van der Waals surface area contributed by atoms with Crippen molar-refractivity contribution in [2.75, 3.05) is 40.4 Å². The minimum atomic E-state index is -1.58. The summed E-state index contributed by atoms with van der Waals surface area (Å²) in [6.45, 7) is 13.7. The number of carbonyl (C=O) groups is 3. The lowest BCUT2D eigenvalue weighted by Gasteiger charge is -2.33. The summed E-state index contributed by atoms with van der Waals surface area (Å²) >= 11 is 0. The molecule has 386 valence electrons. The van der Waals surface area contributed by atoms with Gasteiger partial charge in [0, 0.05) is 25.4 Å². The van der Waals surface area contributed by atoms with Gasteiger partial charge >= 0.3 is 11.9 Å². The monoisotopic (exact) mass is 923 g/mol. The average Bonchev–Trinajstić information content (AvgIpc) is 3.28. The van der Waals surface area contributed by atoms with Gasteiger partial charge in [0.2, 0.25) is 5.91 Å². The number of amides is 1. The summed E-state index contributed by atoms with van der Waals surface area (Å²) in [5.41, 5.74) is 0. The van der Waals surface area contributed by atoms with Crippen LogP contribution < -0.4 is 0 Å². The topological polar surface area (TPSA) is 76.1 Å². The Balaban J connectivity index is 5.24. The molecule has 0 radical (unpaired) electrons. The number of carbonyl (C=O) groups excluding carboxylic acids is 3. The Morgan fingerprint density at radius 3 is 1.31 bits per heavy atom. The fourth-order valence-electron chi connectivity index (χ4n) is 9.50. The van der Waals surface area contributed by atoms with E-state index in [1.807, 2.05) is 0 Å². The van der Waals surface area contributed by atoms with E-state index in [4.69, 9.17) is 9.47 Å². The van der Waals surface area contributed by atoms with Crippen LogP contribution in [0.15, 0.2) is 0 Å². The summed E-state index contributed by atoms with van der Waals surface area (Å²) in [5.74, 6) is 0.709. The second-order valence-electron chi connectivity index (χ2n) is 20.4. The fraction of sp³-hybridized carbons (Fsp3) is 0.947. The van der Waals surface area contributed by atoms with Crippen molar-refractivity contribution in [3.8, 4) is 0 Å². The molecule has 0 spiro atoms. The highest BCUT2D eigenvalue weighted by Gasteiger charge is 2.24. The number of unbranched alkanes of at least 4 members (excludes halogenated alkanes) is 20. The molecular formula is C57H111FN2O5. The van der Waals surface area contributed by atoms with Crippen LogP contribution in [0.5, 0.6) is 0 Å². The lowest BCUT2D eigenvalue weighted by atomic mass is 9.92. The molecule has 0 saturated carbocycles. The van der Waals surface area contributed by atoms with E-state index in [0.717, 1.165) is 83.6 Å². The molecule has 0 aromatic rings. The molecule has 8 heteroatoms. The van der Waals surface area contributed by atoms with E-state index in [9.17, 15) is 14.4 Å². The van der Waals surface area contributed by atoms with Crippen LogP contribution in [0.4, 0.5) is 4.39 Å². The Hall–Kier alpha value is -1.70. The summed E-state index contributed by atoms with van der Waals surface area (Å²) in [6.07, 6.45) is 40.3. The predicted molar refractivity (Wildman–Crippen MR) is 276 cm³/mol. The number of halogens is 1. The zero-order chi connectivity index (χ0) is 48.0. The molecule has 2 atom stereocenters. The number of alkyl halides is 1.